The summed E-state index contributed by atoms with van der Waals surface area (Å²) in [4.78, 5) is 81.7. The summed E-state index contributed by atoms with van der Waals surface area (Å²) in [7, 11) is 0. The molecule has 0 aromatic heterocycles. The first-order valence-electron chi connectivity index (χ1n) is 49.0. The molecular formula is C97H175N7O30. The molecule has 0 radical (unpaired) electrons. The minimum absolute atomic E-state index is 0.0311. The third-order valence-electron chi connectivity index (χ3n) is 19.9. The number of nitrogens with two attached hydrogens (primary N) is 2. The highest BCUT2D eigenvalue weighted by Gasteiger charge is 2.39. The Bertz CT molecular complexity index is 3020. The summed E-state index contributed by atoms with van der Waals surface area (Å²) in [6.07, 6.45) is 11.2. The lowest BCUT2D eigenvalue weighted by molar-refractivity contribution is -0.129. The highest BCUT2D eigenvalue weighted by molar-refractivity contribution is 6.06. The molecule has 134 heavy (non-hydrogen) atoms. The topological polar surface area (TPSA) is 419 Å². The van der Waals surface area contributed by atoms with Crippen molar-refractivity contribution in [1.82, 2.24) is 16.0 Å². The summed E-state index contributed by atoms with van der Waals surface area (Å²) < 4.78 is 132. The number of ketones is 3. The van der Waals surface area contributed by atoms with Crippen molar-refractivity contribution in [3.63, 3.8) is 0 Å². The van der Waals surface area contributed by atoms with Crippen molar-refractivity contribution in [2.24, 2.45) is 22.8 Å². The highest BCUT2D eigenvalue weighted by Crippen LogP contribution is 2.39. The minimum Gasteiger partial charge on any atom is -0.379 e. The van der Waals surface area contributed by atoms with Gasteiger partial charge in [0.15, 0.2) is 5.78 Å². The van der Waals surface area contributed by atoms with Gasteiger partial charge in [-0.25, -0.2) is 0 Å². The molecule has 37 heteroatoms. The van der Waals surface area contributed by atoms with E-state index in [0.717, 1.165) is 76.1 Å². The second kappa shape index (κ2) is 93.9. The van der Waals surface area contributed by atoms with E-state index in [0.29, 0.717) is 367 Å². The molecule has 0 unspecified atom stereocenters. The van der Waals surface area contributed by atoms with Crippen molar-refractivity contribution in [2.75, 3.05) is 379 Å². The molecule has 0 bridgehead atoms. The van der Waals surface area contributed by atoms with Crippen LogP contribution in [0.4, 0.5) is 11.4 Å². The Labute approximate surface area is 800 Å². The largest absolute Gasteiger partial charge is 0.379 e. The molecule has 3 amide bonds. The van der Waals surface area contributed by atoms with E-state index >= 15 is 0 Å². The van der Waals surface area contributed by atoms with E-state index < -0.39 is 11.3 Å². The highest BCUT2D eigenvalue weighted by atomic mass is 16.6. The van der Waals surface area contributed by atoms with Gasteiger partial charge in [-0.1, -0.05) is 91.5 Å². The summed E-state index contributed by atoms with van der Waals surface area (Å²) in [5, 5.41) is 8.77. The molecule has 37 nitrogen and oxygen atoms in total. The predicted octanol–water partition coefficient (Wildman–Crippen LogP) is 6.69. The fourth-order valence-electron chi connectivity index (χ4n) is 12.6. The summed E-state index contributed by atoms with van der Waals surface area (Å²) >= 11 is 0. The number of nitrogens with one attached hydrogen (secondary N) is 3. The molecule has 1 aliphatic heterocycles. The summed E-state index contributed by atoms with van der Waals surface area (Å²) in [6, 6.07) is 15.1. The van der Waals surface area contributed by atoms with Gasteiger partial charge in [0.05, 0.1) is 334 Å². The molecule has 2 aliphatic rings. The third kappa shape index (κ3) is 75.5. The number of unbranched alkanes of at least 4 members (excludes halogenated alkanes) is 1. The van der Waals surface area contributed by atoms with E-state index in [1.54, 1.807) is 23.1 Å². The van der Waals surface area contributed by atoms with E-state index in [2.05, 4.69) is 41.6 Å². The molecule has 7 N–H and O–H groups in total. The molecular weight excluding hydrogens is 1740 g/mol. The molecule has 1 saturated carbocycles. The zero-order chi connectivity index (χ0) is 96.8. The summed E-state index contributed by atoms with van der Waals surface area (Å²) in [5.41, 5.74) is 12.6. The molecule has 1 heterocycles. The van der Waals surface area contributed by atoms with Gasteiger partial charge in [-0.3, -0.25) is 28.8 Å². The van der Waals surface area contributed by atoms with Crippen LogP contribution in [0.25, 0.3) is 0 Å². The number of ether oxygens (including phenoxy) is 24. The molecule has 2 aromatic carbocycles. The van der Waals surface area contributed by atoms with Gasteiger partial charge in [-0.2, -0.15) is 0 Å². The van der Waals surface area contributed by atoms with Gasteiger partial charge >= 0.3 is 0 Å². The normalized spacial score (nSPS) is 13.5. The van der Waals surface area contributed by atoms with E-state index in [4.69, 9.17) is 125 Å². The van der Waals surface area contributed by atoms with E-state index in [1.807, 2.05) is 51.1 Å². The second-order valence-corrected chi connectivity index (χ2v) is 32.1. The number of hydrogen-bond acceptors (Lipinski definition) is 34. The van der Waals surface area contributed by atoms with Gasteiger partial charge < -0.3 is 151 Å². The molecule has 4 rings (SSSR count). The zero-order valence-electron chi connectivity index (χ0n) is 82.6. The average Bonchev–Trinajstić information content (AvgIpc) is 1.62. The number of amides is 3. The van der Waals surface area contributed by atoms with Crippen LogP contribution in [0.2, 0.25) is 0 Å². The maximum atomic E-state index is 14.4. The van der Waals surface area contributed by atoms with Crippen molar-refractivity contribution < 1.29 is 142 Å². The number of Topliss-reactive ketones (excluding diaryl/α,β-unsaturated/α-hetero) is 3. The first-order valence-corrected chi connectivity index (χ1v) is 49.0. The zero-order valence-corrected chi connectivity index (χ0v) is 82.6. The van der Waals surface area contributed by atoms with Crippen molar-refractivity contribution in [3.8, 4) is 0 Å². The number of anilines is 2. The lowest BCUT2D eigenvalue weighted by Crippen LogP contribution is -2.45. The Hall–Kier alpha value is -5.42. The van der Waals surface area contributed by atoms with Gasteiger partial charge in [0.1, 0.15) is 11.6 Å². The third-order valence-corrected chi connectivity index (χ3v) is 19.9. The van der Waals surface area contributed by atoms with Crippen LogP contribution < -0.4 is 37.2 Å². The first-order chi connectivity index (χ1) is 65.7. The fraction of sp³-hybridized carbons (Fsp3) is 0.814. The summed E-state index contributed by atoms with van der Waals surface area (Å²) in [6.45, 7) is 39.2. The number of rotatable bonds is 94. The van der Waals surface area contributed by atoms with Crippen LogP contribution in [0.5, 0.6) is 0 Å². The monoisotopic (exact) mass is 1920 g/mol. The van der Waals surface area contributed by atoms with Gasteiger partial charge in [-0.05, 0) is 81.6 Å². The minimum atomic E-state index is -0.634. The average molecular weight is 1920 g/mol. The van der Waals surface area contributed by atoms with E-state index in [9.17, 15) is 28.8 Å². The molecule has 778 valence electrons. The number of nitrogens with zero attached hydrogens (tertiary/aromatic N) is 2. The molecule has 1 fully saturated rings. The van der Waals surface area contributed by atoms with E-state index in [1.165, 1.54) is 19.3 Å². The van der Waals surface area contributed by atoms with Gasteiger partial charge in [0.25, 0.3) is 5.91 Å². The number of para-hydroxylation sites is 2. The summed E-state index contributed by atoms with van der Waals surface area (Å²) in [5.74, 6) is -1.08. The van der Waals surface area contributed by atoms with Gasteiger partial charge in [-0.15, -0.1) is 0 Å². The van der Waals surface area contributed by atoms with Crippen LogP contribution in [0, 0.1) is 11.3 Å². The molecule has 1 atom stereocenters. The first kappa shape index (κ1) is 125. The lowest BCUT2D eigenvalue weighted by atomic mass is 9.90. The maximum absolute atomic E-state index is 14.4. The van der Waals surface area contributed by atoms with Crippen LogP contribution in [0.1, 0.15) is 141 Å². The van der Waals surface area contributed by atoms with Crippen molar-refractivity contribution >= 4 is 46.4 Å². The molecule has 0 saturated heterocycles. The molecule has 1 aliphatic carbocycles. The van der Waals surface area contributed by atoms with Crippen molar-refractivity contribution in [1.29, 1.82) is 0 Å². The number of benzene rings is 2. The number of hydrogen-bond donors (Lipinski definition) is 5. The predicted molar refractivity (Wildman–Crippen MR) is 511 cm³/mol. The number of carbonyl (C=O) groups excluding carboxylic acids is 6. The maximum Gasteiger partial charge on any atom is 0.251 e. The Morgan fingerprint density at radius 1 is 0.373 bits per heavy atom. The fourth-order valence-corrected chi connectivity index (χ4v) is 12.6. The lowest BCUT2D eigenvalue weighted by Gasteiger charge is -2.37. The van der Waals surface area contributed by atoms with Crippen LogP contribution in [0.3, 0.4) is 0 Å². The smallest absolute Gasteiger partial charge is 0.251 e. The van der Waals surface area contributed by atoms with Gasteiger partial charge in [0.2, 0.25) is 11.8 Å². The molecule has 0 spiro atoms. The van der Waals surface area contributed by atoms with Crippen molar-refractivity contribution in [2.45, 2.75) is 137 Å². The van der Waals surface area contributed by atoms with Crippen LogP contribution in [-0.4, -0.2) is 411 Å². The Balaban J connectivity index is 0.000000987. The van der Waals surface area contributed by atoms with Crippen LogP contribution in [-0.2, 0) is 144 Å². The molecule has 2 aromatic rings. The standard InChI is InChI=1S/C60H97N5O17.C33H67NO13.C4H11N/c1-60(2,3)56(67)48-65-55-15-8-7-14-54(55)64(52-12-5-4-6-13-52)47-51(59(65)70)46-53(66)45-49-10-9-11-50(44-49)58(69)63-19-21-72-23-25-74-27-29-76-31-33-78-35-37-80-39-41-82-43-42-81-40-38-79-36-34-77-32-30-75-28-26-73-24-22-71-20-16-57(68)62-18-17-61;1-3-9-36-11-13-38-15-17-40-19-21-42-23-25-44-27-29-46-31-32-47-30-28-45-26-24-43-22-20-41-18-16-39-14-12-37-10-7-33(35)6-5-8-34-4-2;1-2-3-4-5/h7-11,14-15,44,51-52H,4-6,12-13,16-43,45-48,61H2,1-3H3,(H,62,68)(H,63,69);34H,3-32H2,1-2H3;2-5H2,1H3/t51-;;/m1../s1. The van der Waals surface area contributed by atoms with Crippen LogP contribution >= 0.6 is 0 Å². The Morgan fingerprint density at radius 2 is 0.739 bits per heavy atom. The number of fused-ring (bicyclic) bond motifs is 1. The van der Waals surface area contributed by atoms with E-state index in [-0.39, 0.29) is 60.5 Å². The van der Waals surface area contributed by atoms with Crippen molar-refractivity contribution in [3.05, 3.63) is 59.7 Å². The number of carbonyl (C=O) groups is 6. The van der Waals surface area contributed by atoms with Crippen LogP contribution in [0.15, 0.2) is 48.5 Å². The second-order valence-electron chi connectivity index (χ2n) is 32.1. The van der Waals surface area contributed by atoms with Gasteiger partial charge in [0, 0.05) is 81.9 Å². The quantitative estimate of drug-likeness (QED) is 0.0430. The SMILES string of the molecule is CC(C)(C)C(=O)CN1C(=O)[C@H](CC(=O)Cc2cccc(C(=O)NCCOCCOCCOCCOCCOCCOCCOCCOCCOCCOCCOCCOCCC(=O)NCCN)c2)CN(C2CCCCC2)c2ccccc21.CCCCN.CCCOCCOCCOCCOCCOCCOCCOCCOCCOCCOCCOCCOCCC(=O)CCCNCC. The Kier molecular flexibility index (Phi) is 87.3. The Morgan fingerprint density at radius 3 is 1.09 bits per heavy atom.